The van der Waals surface area contributed by atoms with Crippen LogP contribution in [0.5, 0.6) is 0 Å². The summed E-state index contributed by atoms with van der Waals surface area (Å²) in [4.78, 5) is 11.6. The highest BCUT2D eigenvalue weighted by atomic mass is 31.2. The molecule has 0 aromatic carbocycles. The molecule has 0 aromatic heterocycles. The summed E-state index contributed by atoms with van der Waals surface area (Å²) in [5, 5.41) is 59.6. The number of amides is 2. The lowest BCUT2D eigenvalue weighted by atomic mass is 10.9. The highest BCUT2D eigenvalue weighted by Gasteiger charge is 2.38. The summed E-state index contributed by atoms with van der Waals surface area (Å²) in [5.41, 5.74) is 0. The Balaban J connectivity index is 4.30. The van der Waals surface area contributed by atoms with E-state index in [2.05, 4.69) is 10.6 Å². The number of hydrogen-bond donors (Lipinski definition) is 8. The molecule has 20 heavy (non-hydrogen) atoms. The van der Waals surface area contributed by atoms with Crippen molar-refractivity contribution in [3.05, 3.63) is 0 Å². The van der Waals surface area contributed by atoms with E-state index in [9.17, 15) is 4.79 Å². The first-order valence-corrected chi connectivity index (χ1v) is 10.9. The Morgan fingerprint density at radius 2 is 0.900 bits per heavy atom. The Hall–Kier alpha value is -0.110. The Morgan fingerprint density at radius 1 is 0.650 bits per heavy atom. The molecule has 0 aromatic rings. The Labute approximate surface area is 118 Å². The normalized spacial score (nSPS) is 12.3. The SMILES string of the molecule is O=C(NC[P+](CO)(CO)CO)NC[P+](CO)(CO)CO. The van der Waals surface area contributed by atoms with Gasteiger partial charge in [-0.1, -0.05) is 0 Å². The van der Waals surface area contributed by atoms with Crippen LogP contribution >= 0.6 is 14.5 Å². The quantitative estimate of drug-likeness (QED) is 0.213. The molecule has 0 fully saturated rings. The summed E-state index contributed by atoms with van der Waals surface area (Å²) in [6, 6.07) is -0.621. The minimum atomic E-state index is -2.42. The number of urea groups is 1. The second-order valence-corrected chi connectivity index (χ2v) is 12.2. The molecule has 0 radical (unpaired) electrons. The summed E-state index contributed by atoms with van der Waals surface area (Å²) < 4.78 is 0. The molecule has 0 bridgehead atoms. The van der Waals surface area contributed by atoms with Gasteiger partial charge < -0.3 is 41.3 Å². The van der Waals surface area contributed by atoms with Gasteiger partial charge in [-0.25, -0.2) is 4.79 Å². The second kappa shape index (κ2) is 9.76. The number of rotatable bonds is 10. The van der Waals surface area contributed by atoms with E-state index in [0.717, 1.165) is 0 Å². The standard InChI is InChI=1S/C9H23N2O7P2/c12-3-19(4-13,5-14)1-10-9(18)11-2-20(6-15,7-16)8-17/h12-17H,1-8H2,(H-,10,11,18)/q+1/p+1. The van der Waals surface area contributed by atoms with Crippen molar-refractivity contribution in [3.63, 3.8) is 0 Å². The number of aliphatic hydroxyl groups excluding tert-OH is 6. The van der Waals surface area contributed by atoms with Crippen LogP contribution in [0.3, 0.4) is 0 Å². The maximum atomic E-state index is 11.6. The zero-order valence-corrected chi connectivity index (χ0v) is 12.9. The molecule has 0 atom stereocenters. The van der Waals surface area contributed by atoms with E-state index in [0.29, 0.717) is 0 Å². The molecule has 9 nitrogen and oxygen atoms in total. The Morgan fingerprint density at radius 3 is 1.10 bits per heavy atom. The maximum absolute atomic E-state index is 11.6. The maximum Gasteiger partial charge on any atom is 0.320 e. The predicted octanol–water partition coefficient (Wildman–Crippen LogP) is -2.07. The van der Waals surface area contributed by atoms with Crippen molar-refractivity contribution in [2.75, 3.05) is 50.7 Å². The minimum Gasteiger partial charge on any atom is -0.361 e. The molecule has 0 aliphatic carbocycles. The van der Waals surface area contributed by atoms with Crippen molar-refractivity contribution in [1.29, 1.82) is 0 Å². The van der Waals surface area contributed by atoms with E-state index in [-0.39, 0.29) is 50.7 Å². The van der Waals surface area contributed by atoms with E-state index < -0.39 is 20.6 Å². The van der Waals surface area contributed by atoms with E-state index in [4.69, 9.17) is 30.6 Å². The van der Waals surface area contributed by atoms with Gasteiger partial charge in [0.1, 0.15) is 27.1 Å². The van der Waals surface area contributed by atoms with Crippen LogP contribution in [0.4, 0.5) is 4.79 Å². The third-order valence-corrected chi connectivity index (χ3v) is 8.21. The van der Waals surface area contributed by atoms with E-state index in [1.807, 2.05) is 0 Å². The zero-order chi connectivity index (χ0) is 15.6. The average molecular weight is 334 g/mol. The predicted molar refractivity (Wildman–Crippen MR) is 77.8 cm³/mol. The summed E-state index contributed by atoms with van der Waals surface area (Å²) in [6.45, 7) is 0. The lowest BCUT2D eigenvalue weighted by Crippen LogP contribution is -2.39. The molecule has 0 saturated heterocycles. The van der Waals surface area contributed by atoms with Crippen LogP contribution in [0.2, 0.25) is 0 Å². The van der Waals surface area contributed by atoms with Gasteiger partial charge in [-0.15, -0.1) is 0 Å². The van der Waals surface area contributed by atoms with Gasteiger partial charge in [0.05, 0.1) is 0 Å². The first-order chi connectivity index (χ1) is 9.46. The molecule has 11 heteroatoms. The molecule has 0 spiro atoms. The summed E-state index contributed by atoms with van der Waals surface area (Å²) in [7, 11) is -4.84. The van der Waals surface area contributed by atoms with Gasteiger partial charge in [0.2, 0.25) is 0 Å². The fourth-order valence-corrected chi connectivity index (χ4v) is 3.20. The number of carbonyl (C=O) groups excluding carboxylic acids is 1. The summed E-state index contributed by atoms with van der Waals surface area (Å²) >= 11 is 0. The van der Waals surface area contributed by atoms with Gasteiger partial charge in [-0.05, 0) is 0 Å². The van der Waals surface area contributed by atoms with Gasteiger partial charge in [-0.2, -0.15) is 0 Å². The van der Waals surface area contributed by atoms with Crippen LogP contribution in [0.15, 0.2) is 0 Å². The number of carbonyl (C=O) groups is 1. The molecule has 2 amide bonds. The molecule has 0 heterocycles. The fraction of sp³-hybridized carbons (Fsp3) is 0.889. The topological polar surface area (TPSA) is 163 Å². The van der Waals surface area contributed by atoms with Crippen LogP contribution in [0, 0.1) is 0 Å². The molecule has 0 rings (SSSR count). The van der Waals surface area contributed by atoms with Crippen LogP contribution in [-0.2, 0) is 0 Å². The largest absolute Gasteiger partial charge is 0.361 e. The van der Waals surface area contributed by atoms with Crippen LogP contribution in [0.25, 0.3) is 0 Å². The lowest BCUT2D eigenvalue weighted by Gasteiger charge is -2.22. The van der Waals surface area contributed by atoms with E-state index >= 15 is 0 Å². The molecular weight excluding hydrogens is 310 g/mol. The van der Waals surface area contributed by atoms with E-state index in [1.54, 1.807) is 0 Å². The van der Waals surface area contributed by atoms with Crippen molar-refractivity contribution in [1.82, 2.24) is 10.6 Å². The molecule has 120 valence electrons. The smallest absolute Gasteiger partial charge is 0.320 e. The van der Waals surface area contributed by atoms with Crippen molar-refractivity contribution in [2.45, 2.75) is 0 Å². The zero-order valence-electron chi connectivity index (χ0n) is 11.1. The molecule has 0 unspecified atom stereocenters. The average Bonchev–Trinajstić information content (AvgIpc) is 2.51. The first-order valence-electron chi connectivity index (χ1n) is 5.84. The number of hydrogen-bond acceptors (Lipinski definition) is 7. The lowest BCUT2D eigenvalue weighted by molar-refractivity contribution is 0.243. The summed E-state index contributed by atoms with van der Waals surface area (Å²) in [5.74, 6) is 0. The van der Waals surface area contributed by atoms with Gasteiger partial charge in [0.15, 0.2) is 38.1 Å². The van der Waals surface area contributed by atoms with Crippen LogP contribution in [0.1, 0.15) is 0 Å². The van der Waals surface area contributed by atoms with Gasteiger partial charge >= 0.3 is 6.03 Å². The first kappa shape index (κ1) is 19.9. The number of aliphatic hydroxyl groups is 6. The van der Waals surface area contributed by atoms with Crippen molar-refractivity contribution in [2.24, 2.45) is 0 Å². The van der Waals surface area contributed by atoms with E-state index in [1.165, 1.54) is 0 Å². The van der Waals surface area contributed by atoms with Gasteiger partial charge in [0.25, 0.3) is 0 Å². The highest BCUT2D eigenvalue weighted by molar-refractivity contribution is 7.75. The third-order valence-electron chi connectivity index (χ3n) is 2.95. The van der Waals surface area contributed by atoms with Crippen molar-refractivity contribution >= 4 is 20.6 Å². The molecule has 8 N–H and O–H groups in total. The van der Waals surface area contributed by atoms with Gasteiger partial charge in [0, 0.05) is 0 Å². The van der Waals surface area contributed by atoms with Crippen molar-refractivity contribution in [3.8, 4) is 0 Å². The van der Waals surface area contributed by atoms with Crippen LogP contribution in [-0.4, -0.2) is 87.3 Å². The molecule has 0 aliphatic heterocycles. The summed E-state index contributed by atoms with van der Waals surface area (Å²) in [6.07, 6.45) is -2.40. The Bertz CT molecular complexity index is 245. The van der Waals surface area contributed by atoms with Crippen molar-refractivity contribution < 1.29 is 35.4 Å². The molecule has 0 aliphatic rings. The third kappa shape index (κ3) is 5.71. The monoisotopic (exact) mass is 334 g/mol. The Kier molecular flexibility index (Phi) is 9.71. The fourth-order valence-electron chi connectivity index (χ4n) is 1.11. The van der Waals surface area contributed by atoms with Crippen LogP contribution < -0.4 is 10.6 Å². The number of nitrogens with one attached hydrogen (secondary N) is 2. The molecular formula is C9H24N2O7P2+2. The van der Waals surface area contributed by atoms with Gasteiger partial charge in [-0.3, -0.25) is 0 Å². The minimum absolute atomic E-state index is 0.0366. The molecule has 0 saturated carbocycles. The second-order valence-electron chi connectivity index (χ2n) is 4.53. The highest BCUT2D eigenvalue weighted by Crippen LogP contribution is 2.55.